The second-order valence-corrected chi connectivity index (χ2v) is 13.2. The minimum atomic E-state index is 0.910. The third-order valence-corrected chi connectivity index (χ3v) is 10.6. The summed E-state index contributed by atoms with van der Waals surface area (Å²) in [6, 6.07) is 62.0. The Kier molecular flexibility index (Phi) is 5.45. The molecule has 0 saturated carbocycles. The Morgan fingerprint density at radius 2 is 0.898 bits per heavy atom. The Morgan fingerprint density at radius 3 is 1.73 bits per heavy atom. The van der Waals surface area contributed by atoms with Crippen LogP contribution in [-0.2, 0) is 0 Å². The van der Waals surface area contributed by atoms with E-state index in [1.165, 1.54) is 76.1 Å². The Balaban J connectivity index is 1.16. The molecule has 0 amide bonds. The standard InChI is InChI=1S/C48H28O/c1-2-8-29(9-3-1)37-12-6-14-42-47-39(13-7-15-44(47)49-48(37)42)38-25-21-33-22-26-40-36(24-20-32-23-27-41(38)46(33)45(32)40)34-19-18-31-17-16-30-10-4-5-11-35(30)43(31)28-34/h1-28H. The molecule has 0 aliphatic rings. The van der Waals surface area contributed by atoms with E-state index in [0.717, 1.165) is 33.1 Å². The molecule has 0 fully saturated rings. The maximum absolute atomic E-state index is 6.65. The zero-order chi connectivity index (χ0) is 32.1. The molecule has 0 atom stereocenters. The molecule has 49 heavy (non-hydrogen) atoms. The van der Waals surface area contributed by atoms with Crippen LogP contribution >= 0.6 is 0 Å². The molecule has 0 bridgehead atoms. The smallest absolute Gasteiger partial charge is 0.143 e. The van der Waals surface area contributed by atoms with E-state index in [9.17, 15) is 0 Å². The van der Waals surface area contributed by atoms with Gasteiger partial charge >= 0.3 is 0 Å². The number of hydrogen-bond acceptors (Lipinski definition) is 1. The quantitative estimate of drug-likeness (QED) is 0.179. The highest BCUT2D eigenvalue weighted by atomic mass is 16.3. The molecule has 10 aromatic carbocycles. The summed E-state index contributed by atoms with van der Waals surface area (Å²) in [5.74, 6) is 0. The van der Waals surface area contributed by atoms with E-state index in [2.05, 4.69) is 170 Å². The fourth-order valence-corrected chi connectivity index (χ4v) is 8.37. The first kappa shape index (κ1) is 26.6. The number of rotatable bonds is 3. The molecular weight excluding hydrogens is 593 g/mol. The summed E-state index contributed by atoms with van der Waals surface area (Å²) >= 11 is 0. The predicted octanol–water partition coefficient (Wildman–Crippen LogP) is 13.8. The summed E-state index contributed by atoms with van der Waals surface area (Å²) in [5, 5.41) is 15.1. The van der Waals surface area contributed by atoms with Crippen LogP contribution in [0.15, 0.2) is 174 Å². The lowest BCUT2D eigenvalue weighted by atomic mass is 9.86. The Hall–Kier alpha value is -6.44. The first-order chi connectivity index (χ1) is 24.3. The van der Waals surface area contributed by atoms with Crippen LogP contribution in [-0.4, -0.2) is 0 Å². The average molecular weight is 621 g/mol. The summed E-state index contributed by atoms with van der Waals surface area (Å²) < 4.78 is 6.65. The third kappa shape index (κ3) is 3.82. The first-order valence-electron chi connectivity index (χ1n) is 16.9. The second kappa shape index (κ2) is 10.0. The van der Waals surface area contributed by atoms with Crippen LogP contribution in [0, 0.1) is 0 Å². The predicted molar refractivity (Wildman–Crippen MR) is 209 cm³/mol. The lowest BCUT2D eigenvalue weighted by molar-refractivity contribution is 0.670. The highest BCUT2D eigenvalue weighted by molar-refractivity contribution is 6.29. The molecule has 1 heterocycles. The minimum Gasteiger partial charge on any atom is -0.455 e. The monoisotopic (exact) mass is 620 g/mol. The van der Waals surface area contributed by atoms with Gasteiger partial charge in [-0.25, -0.2) is 0 Å². The highest BCUT2D eigenvalue weighted by Gasteiger charge is 2.19. The van der Waals surface area contributed by atoms with E-state index in [1.807, 2.05) is 0 Å². The van der Waals surface area contributed by atoms with Gasteiger partial charge in [-0.15, -0.1) is 0 Å². The van der Waals surface area contributed by atoms with E-state index in [0.29, 0.717) is 0 Å². The van der Waals surface area contributed by atoms with Crippen LogP contribution in [0.2, 0.25) is 0 Å². The van der Waals surface area contributed by atoms with E-state index in [4.69, 9.17) is 4.42 Å². The zero-order valence-corrected chi connectivity index (χ0v) is 26.6. The van der Waals surface area contributed by atoms with Gasteiger partial charge in [0.15, 0.2) is 0 Å². The topological polar surface area (TPSA) is 13.1 Å². The molecule has 11 rings (SSSR count). The van der Waals surface area contributed by atoms with Crippen molar-refractivity contribution in [2.45, 2.75) is 0 Å². The molecule has 0 aliphatic heterocycles. The molecule has 0 radical (unpaired) electrons. The number of para-hydroxylation sites is 1. The zero-order valence-electron chi connectivity index (χ0n) is 26.6. The van der Waals surface area contributed by atoms with Gasteiger partial charge in [-0.05, 0) is 93.8 Å². The van der Waals surface area contributed by atoms with Gasteiger partial charge in [0.2, 0.25) is 0 Å². The summed E-state index contributed by atoms with van der Waals surface area (Å²) in [5.41, 5.74) is 9.04. The number of fused-ring (bicyclic) bond motifs is 6. The van der Waals surface area contributed by atoms with Crippen molar-refractivity contribution < 1.29 is 4.42 Å². The van der Waals surface area contributed by atoms with E-state index in [-0.39, 0.29) is 0 Å². The second-order valence-electron chi connectivity index (χ2n) is 13.2. The van der Waals surface area contributed by atoms with Crippen molar-refractivity contribution in [3.63, 3.8) is 0 Å². The van der Waals surface area contributed by atoms with Gasteiger partial charge in [-0.3, -0.25) is 0 Å². The molecular formula is C48H28O. The summed E-state index contributed by atoms with van der Waals surface area (Å²) in [7, 11) is 0. The maximum Gasteiger partial charge on any atom is 0.143 e. The number of benzene rings is 10. The number of furan rings is 1. The number of hydrogen-bond donors (Lipinski definition) is 0. The molecule has 0 N–H and O–H groups in total. The fourth-order valence-electron chi connectivity index (χ4n) is 8.37. The van der Waals surface area contributed by atoms with E-state index < -0.39 is 0 Å². The van der Waals surface area contributed by atoms with E-state index in [1.54, 1.807) is 0 Å². The van der Waals surface area contributed by atoms with Crippen molar-refractivity contribution in [3.8, 4) is 33.4 Å². The molecule has 11 aromatic rings. The van der Waals surface area contributed by atoms with Crippen LogP contribution in [0.1, 0.15) is 0 Å². The molecule has 1 aromatic heterocycles. The lowest BCUT2D eigenvalue weighted by Crippen LogP contribution is -1.90. The van der Waals surface area contributed by atoms with Crippen LogP contribution in [0.4, 0.5) is 0 Å². The Labute approximate surface area is 282 Å². The third-order valence-electron chi connectivity index (χ3n) is 10.6. The van der Waals surface area contributed by atoms with Crippen molar-refractivity contribution in [1.29, 1.82) is 0 Å². The van der Waals surface area contributed by atoms with Crippen LogP contribution in [0.5, 0.6) is 0 Å². The fraction of sp³-hybridized carbons (Fsp3) is 0. The minimum absolute atomic E-state index is 0.910. The molecule has 226 valence electrons. The van der Waals surface area contributed by atoms with Crippen LogP contribution < -0.4 is 0 Å². The summed E-state index contributed by atoms with van der Waals surface area (Å²) in [6.45, 7) is 0. The van der Waals surface area contributed by atoms with Gasteiger partial charge < -0.3 is 4.42 Å². The van der Waals surface area contributed by atoms with Crippen molar-refractivity contribution in [2.24, 2.45) is 0 Å². The average Bonchev–Trinajstić information content (AvgIpc) is 3.56. The summed E-state index contributed by atoms with van der Waals surface area (Å²) in [6.07, 6.45) is 0. The Bertz CT molecular complexity index is 3090. The molecule has 0 saturated heterocycles. The van der Waals surface area contributed by atoms with Crippen molar-refractivity contribution in [3.05, 3.63) is 170 Å². The van der Waals surface area contributed by atoms with Gasteiger partial charge in [0.25, 0.3) is 0 Å². The molecule has 0 spiro atoms. The Morgan fingerprint density at radius 1 is 0.286 bits per heavy atom. The van der Waals surface area contributed by atoms with Crippen molar-refractivity contribution in [1.82, 2.24) is 0 Å². The van der Waals surface area contributed by atoms with E-state index >= 15 is 0 Å². The van der Waals surface area contributed by atoms with Gasteiger partial charge in [-0.1, -0.05) is 158 Å². The van der Waals surface area contributed by atoms with Gasteiger partial charge in [0.1, 0.15) is 11.2 Å². The first-order valence-corrected chi connectivity index (χ1v) is 16.9. The van der Waals surface area contributed by atoms with Crippen LogP contribution in [0.25, 0.3) is 109 Å². The molecule has 0 aliphatic carbocycles. The van der Waals surface area contributed by atoms with Crippen molar-refractivity contribution >= 4 is 75.8 Å². The highest BCUT2D eigenvalue weighted by Crippen LogP contribution is 2.46. The lowest BCUT2D eigenvalue weighted by Gasteiger charge is -2.17. The summed E-state index contributed by atoms with van der Waals surface area (Å²) in [4.78, 5) is 0. The normalized spacial score (nSPS) is 12.1. The van der Waals surface area contributed by atoms with Crippen LogP contribution in [0.3, 0.4) is 0 Å². The SMILES string of the molecule is c1ccc(-c2cccc3c2oc2cccc(-c4ccc5ccc6c(-c7ccc8ccc9ccccc9c8c7)ccc7ccc4c5c76)c23)cc1. The van der Waals surface area contributed by atoms with Crippen molar-refractivity contribution in [2.75, 3.05) is 0 Å². The maximum atomic E-state index is 6.65. The van der Waals surface area contributed by atoms with Gasteiger partial charge in [-0.2, -0.15) is 0 Å². The molecule has 1 nitrogen and oxygen atoms in total. The largest absolute Gasteiger partial charge is 0.455 e. The van der Waals surface area contributed by atoms with Gasteiger partial charge in [0, 0.05) is 16.3 Å². The molecule has 0 unspecified atom stereocenters. The molecule has 1 heteroatoms. The van der Waals surface area contributed by atoms with Gasteiger partial charge in [0.05, 0.1) is 0 Å².